The lowest BCUT2D eigenvalue weighted by Crippen LogP contribution is -2.35. The van der Waals surface area contributed by atoms with Crippen LogP contribution in [0.2, 0.25) is 0 Å². The molecule has 4 nitrogen and oxygen atoms in total. The van der Waals surface area contributed by atoms with Crippen molar-refractivity contribution in [3.63, 3.8) is 0 Å². The van der Waals surface area contributed by atoms with E-state index in [0.29, 0.717) is 18.0 Å². The molecule has 1 aromatic rings. The molecule has 1 saturated heterocycles. The molecule has 0 unspecified atom stereocenters. The van der Waals surface area contributed by atoms with Crippen LogP contribution in [0.3, 0.4) is 0 Å². The number of carbonyl (C=O) groups excluding carboxylic acids is 1. The lowest BCUT2D eigenvalue weighted by atomic mass is 9.98. The SMILES string of the molecule is O=C(NCC1CCNCC1)c1ccccc1O. The van der Waals surface area contributed by atoms with Gasteiger partial charge in [-0.05, 0) is 44.0 Å². The monoisotopic (exact) mass is 234 g/mol. The molecule has 1 aliphatic rings. The summed E-state index contributed by atoms with van der Waals surface area (Å²) in [6.45, 7) is 2.74. The van der Waals surface area contributed by atoms with Crippen molar-refractivity contribution >= 4 is 5.91 Å². The summed E-state index contributed by atoms with van der Waals surface area (Å²) in [7, 11) is 0. The first-order chi connectivity index (χ1) is 8.27. The highest BCUT2D eigenvalue weighted by Gasteiger charge is 2.15. The number of phenols is 1. The molecule has 0 radical (unpaired) electrons. The molecule has 2 rings (SSSR count). The van der Waals surface area contributed by atoms with Gasteiger partial charge in [0.1, 0.15) is 5.75 Å². The van der Waals surface area contributed by atoms with Gasteiger partial charge in [0.2, 0.25) is 0 Å². The lowest BCUT2D eigenvalue weighted by molar-refractivity contribution is 0.0941. The molecule has 0 aliphatic carbocycles. The van der Waals surface area contributed by atoms with Crippen molar-refractivity contribution in [2.45, 2.75) is 12.8 Å². The first-order valence-electron chi connectivity index (χ1n) is 6.04. The Bertz CT molecular complexity index is 387. The van der Waals surface area contributed by atoms with Crippen LogP contribution in [0.5, 0.6) is 5.75 Å². The predicted molar refractivity (Wildman–Crippen MR) is 66.0 cm³/mol. The largest absolute Gasteiger partial charge is 0.507 e. The Labute approximate surface area is 101 Å². The molecule has 0 spiro atoms. The number of amides is 1. The maximum absolute atomic E-state index is 11.8. The molecule has 92 valence electrons. The highest BCUT2D eigenvalue weighted by Crippen LogP contribution is 2.16. The number of piperidine rings is 1. The zero-order chi connectivity index (χ0) is 12.1. The molecule has 1 aliphatic heterocycles. The molecule has 17 heavy (non-hydrogen) atoms. The Hall–Kier alpha value is -1.55. The molecule has 0 saturated carbocycles. The molecule has 0 atom stereocenters. The Kier molecular flexibility index (Phi) is 3.98. The second-order valence-electron chi connectivity index (χ2n) is 4.42. The molecule has 4 heteroatoms. The van der Waals surface area contributed by atoms with Crippen molar-refractivity contribution in [1.82, 2.24) is 10.6 Å². The van der Waals surface area contributed by atoms with Gasteiger partial charge < -0.3 is 15.7 Å². The van der Waals surface area contributed by atoms with Crippen LogP contribution in [0.15, 0.2) is 24.3 Å². The number of rotatable bonds is 3. The van der Waals surface area contributed by atoms with Crippen LogP contribution in [-0.4, -0.2) is 30.6 Å². The fraction of sp³-hybridized carbons (Fsp3) is 0.462. The summed E-state index contributed by atoms with van der Waals surface area (Å²) in [6, 6.07) is 6.62. The average Bonchev–Trinajstić information content (AvgIpc) is 2.38. The minimum atomic E-state index is -0.193. The minimum Gasteiger partial charge on any atom is -0.507 e. The summed E-state index contributed by atoms with van der Waals surface area (Å²) < 4.78 is 0. The van der Waals surface area contributed by atoms with Crippen LogP contribution < -0.4 is 10.6 Å². The third-order valence-corrected chi connectivity index (χ3v) is 3.16. The van der Waals surface area contributed by atoms with E-state index in [1.54, 1.807) is 18.2 Å². The van der Waals surface area contributed by atoms with Crippen molar-refractivity contribution in [1.29, 1.82) is 0 Å². The van der Waals surface area contributed by atoms with E-state index in [-0.39, 0.29) is 11.7 Å². The average molecular weight is 234 g/mol. The molecule has 1 fully saturated rings. The number of para-hydroxylation sites is 1. The fourth-order valence-corrected chi connectivity index (χ4v) is 2.08. The second-order valence-corrected chi connectivity index (χ2v) is 4.42. The van der Waals surface area contributed by atoms with E-state index >= 15 is 0 Å². The minimum absolute atomic E-state index is 0.0373. The summed E-state index contributed by atoms with van der Waals surface area (Å²) >= 11 is 0. The number of hydrogen-bond acceptors (Lipinski definition) is 3. The molecule has 3 N–H and O–H groups in total. The third kappa shape index (κ3) is 3.20. The lowest BCUT2D eigenvalue weighted by Gasteiger charge is -2.22. The van der Waals surface area contributed by atoms with Gasteiger partial charge in [-0.15, -0.1) is 0 Å². The summed E-state index contributed by atoms with van der Waals surface area (Å²) in [5.74, 6) is 0.392. The summed E-state index contributed by atoms with van der Waals surface area (Å²) in [5, 5.41) is 15.7. The van der Waals surface area contributed by atoms with E-state index < -0.39 is 0 Å². The molecule has 1 amide bonds. The Morgan fingerprint density at radius 1 is 1.35 bits per heavy atom. The van der Waals surface area contributed by atoms with Gasteiger partial charge in [0.25, 0.3) is 5.91 Å². The summed E-state index contributed by atoms with van der Waals surface area (Å²) in [5.41, 5.74) is 0.349. The van der Waals surface area contributed by atoms with Gasteiger partial charge in [0.05, 0.1) is 5.56 Å². The maximum atomic E-state index is 11.8. The number of aromatic hydroxyl groups is 1. The quantitative estimate of drug-likeness (QED) is 0.734. The van der Waals surface area contributed by atoms with Crippen molar-refractivity contribution in [2.24, 2.45) is 5.92 Å². The molecular formula is C13H18N2O2. The van der Waals surface area contributed by atoms with Crippen molar-refractivity contribution in [2.75, 3.05) is 19.6 Å². The summed E-state index contributed by atoms with van der Waals surface area (Å²) in [4.78, 5) is 11.8. The Morgan fingerprint density at radius 2 is 2.06 bits per heavy atom. The van der Waals surface area contributed by atoms with Gasteiger partial charge in [-0.2, -0.15) is 0 Å². The van der Waals surface area contributed by atoms with Gasteiger partial charge in [0.15, 0.2) is 0 Å². The van der Waals surface area contributed by atoms with Gasteiger partial charge in [0, 0.05) is 6.54 Å². The van der Waals surface area contributed by atoms with E-state index in [1.165, 1.54) is 6.07 Å². The van der Waals surface area contributed by atoms with E-state index in [1.807, 2.05) is 0 Å². The fourth-order valence-electron chi connectivity index (χ4n) is 2.08. The second kappa shape index (κ2) is 5.68. The number of carbonyl (C=O) groups is 1. The van der Waals surface area contributed by atoms with E-state index in [2.05, 4.69) is 10.6 Å². The van der Waals surface area contributed by atoms with Crippen molar-refractivity contribution in [3.05, 3.63) is 29.8 Å². The van der Waals surface area contributed by atoms with Gasteiger partial charge in [-0.3, -0.25) is 4.79 Å². The first-order valence-corrected chi connectivity index (χ1v) is 6.04. The molecule has 1 aromatic carbocycles. The Balaban J connectivity index is 1.87. The molecule has 0 aromatic heterocycles. The highest BCUT2D eigenvalue weighted by molar-refractivity contribution is 5.96. The first kappa shape index (κ1) is 11.9. The van der Waals surface area contributed by atoms with Crippen LogP contribution >= 0.6 is 0 Å². The maximum Gasteiger partial charge on any atom is 0.255 e. The van der Waals surface area contributed by atoms with Crippen LogP contribution in [0.1, 0.15) is 23.2 Å². The number of hydrogen-bond donors (Lipinski definition) is 3. The van der Waals surface area contributed by atoms with Crippen LogP contribution in [0.25, 0.3) is 0 Å². The van der Waals surface area contributed by atoms with Crippen molar-refractivity contribution < 1.29 is 9.90 Å². The van der Waals surface area contributed by atoms with E-state index in [4.69, 9.17) is 0 Å². The summed E-state index contributed by atoms with van der Waals surface area (Å²) in [6.07, 6.45) is 2.20. The van der Waals surface area contributed by atoms with Gasteiger partial charge in [-0.25, -0.2) is 0 Å². The molecule has 0 bridgehead atoms. The normalized spacial score (nSPS) is 16.7. The van der Waals surface area contributed by atoms with Crippen LogP contribution in [0.4, 0.5) is 0 Å². The highest BCUT2D eigenvalue weighted by atomic mass is 16.3. The van der Waals surface area contributed by atoms with Gasteiger partial charge >= 0.3 is 0 Å². The van der Waals surface area contributed by atoms with Gasteiger partial charge in [-0.1, -0.05) is 12.1 Å². The number of nitrogens with one attached hydrogen (secondary N) is 2. The predicted octanol–water partition coefficient (Wildman–Crippen LogP) is 1.12. The van der Waals surface area contributed by atoms with Crippen LogP contribution in [0, 0.1) is 5.92 Å². The number of benzene rings is 1. The zero-order valence-corrected chi connectivity index (χ0v) is 9.78. The smallest absolute Gasteiger partial charge is 0.255 e. The van der Waals surface area contributed by atoms with E-state index in [9.17, 15) is 9.90 Å². The molecule has 1 heterocycles. The zero-order valence-electron chi connectivity index (χ0n) is 9.78. The third-order valence-electron chi connectivity index (χ3n) is 3.16. The Morgan fingerprint density at radius 3 is 2.76 bits per heavy atom. The molecular weight excluding hydrogens is 216 g/mol. The van der Waals surface area contributed by atoms with Crippen LogP contribution in [-0.2, 0) is 0 Å². The van der Waals surface area contributed by atoms with E-state index in [0.717, 1.165) is 25.9 Å². The number of phenolic OH excluding ortho intramolecular Hbond substituents is 1. The topological polar surface area (TPSA) is 61.4 Å². The van der Waals surface area contributed by atoms with Crippen molar-refractivity contribution in [3.8, 4) is 5.75 Å². The standard InChI is InChI=1S/C13H18N2O2/c16-12-4-2-1-3-11(12)13(17)15-9-10-5-7-14-8-6-10/h1-4,10,14,16H,5-9H2,(H,15,17).